The van der Waals surface area contributed by atoms with E-state index in [4.69, 9.17) is 5.11 Å². The number of carboxylic acid groups (broad SMARTS) is 1. The van der Waals surface area contributed by atoms with Crippen molar-refractivity contribution in [2.45, 2.75) is 39.0 Å². The molecule has 1 aromatic carbocycles. The van der Waals surface area contributed by atoms with Gasteiger partial charge in [0.25, 0.3) is 0 Å². The highest BCUT2D eigenvalue weighted by Gasteiger charge is 2.37. The summed E-state index contributed by atoms with van der Waals surface area (Å²) >= 11 is 0. The number of likely N-dealkylation sites (tertiary alicyclic amines) is 1. The molecule has 1 aromatic rings. The molecule has 0 bridgehead atoms. The lowest BCUT2D eigenvalue weighted by atomic mass is 9.80. The van der Waals surface area contributed by atoms with Crippen molar-refractivity contribution >= 4 is 11.9 Å². The van der Waals surface area contributed by atoms with Crippen LogP contribution in [0, 0.1) is 12.8 Å². The molecular formula is C17H23NO3. The summed E-state index contributed by atoms with van der Waals surface area (Å²) in [5, 5.41) is 9.16. The molecular weight excluding hydrogens is 266 g/mol. The zero-order valence-corrected chi connectivity index (χ0v) is 12.9. The Kier molecular flexibility index (Phi) is 4.35. The van der Waals surface area contributed by atoms with Crippen molar-refractivity contribution in [3.8, 4) is 0 Å². The fourth-order valence-corrected chi connectivity index (χ4v) is 3.15. The molecule has 0 saturated carbocycles. The molecule has 1 amide bonds. The van der Waals surface area contributed by atoms with Gasteiger partial charge in [0, 0.05) is 13.1 Å². The SMILES string of the molecule is Cc1ccccc1C(C)(C)C(=O)N1CCCC(C(=O)O)C1. The number of hydrogen-bond donors (Lipinski definition) is 1. The topological polar surface area (TPSA) is 57.6 Å². The first-order chi connectivity index (χ1) is 9.84. The van der Waals surface area contributed by atoms with Gasteiger partial charge in [0.1, 0.15) is 0 Å². The molecule has 1 atom stereocenters. The van der Waals surface area contributed by atoms with Gasteiger partial charge in [0.15, 0.2) is 0 Å². The van der Waals surface area contributed by atoms with Gasteiger partial charge in [0.2, 0.25) is 5.91 Å². The van der Waals surface area contributed by atoms with Crippen LogP contribution in [-0.4, -0.2) is 35.0 Å². The van der Waals surface area contributed by atoms with E-state index in [1.54, 1.807) is 4.90 Å². The largest absolute Gasteiger partial charge is 0.481 e. The van der Waals surface area contributed by atoms with E-state index >= 15 is 0 Å². The Bertz CT molecular complexity index is 551. The molecule has 1 N–H and O–H groups in total. The molecule has 1 fully saturated rings. The van der Waals surface area contributed by atoms with Crippen molar-refractivity contribution in [2.75, 3.05) is 13.1 Å². The predicted molar refractivity (Wildman–Crippen MR) is 81.1 cm³/mol. The number of carbonyl (C=O) groups excluding carboxylic acids is 1. The number of piperidine rings is 1. The number of aryl methyl sites for hydroxylation is 1. The van der Waals surface area contributed by atoms with Crippen LogP contribution in [0.4, 0.5) is 0 Å². The Labute approximate surface area is 125 Å². The van der Waals surface area contributed by atoms with Gasteiger partial charge in [-0.25, -0.2) is 0 Å². The van der Waals surface area contributed by atoms with E-state index in [2.05, 4.69) is 0 Å². The Morgan fingerprint density at radius 3 is 2.57 bits per heavy atom. The highest BCUT2D eigenvalue weighted by Crippen LogP contribution is 2.30. The quantitative estimate of drug-likeness (QED) is 0.930. The summed E-state index contributed by atoms with van der Waals surface area (Å²) < 4.78 is 0. The first kappa shape index (κ1) is 15.5. The average Bonchev–Trinajstić information content (AvgIpc) is 2.46. The lowest BCUT2D eigenvalue weighted by Gasteiger charge is -2.37. The van der Waals surface area contributed by atoms with Crippen molar-refractivity contribution in [2.24, 2.45) is 5.92 Å². The van der Waals surface area contributed by atoms with Crippen LogP contribution < -0.4 is 0 Å². The summed E-state index contributed by atoms with van der Waals surface area (Å²) in [5.41, 5.74) is 1.46. The minimum atomic E-state index is -0.804. The minimum absolute atomic E-state index is 0.0164. The molecule has 0 spiro atoms. The smallest absolute Gasteiger partial charge is 0.308 e. The molecule has 0 aliphatic carbocycles. The van der Waals surface area contributed by atoms with Gasteiger partial charge in [-0.05, 0) is 44.7 Å². The molecule has 1 heterocycles. The Morgan fingerprint density at radius 2 is 1.95 bits per heavy atom. The van der Waals surface area contributed by atoms with Crippen molar-refractivity contribution < 1.29 is 14.7 Å². The minimum Gasteiger partial charge on any atom is -0.481 e. The molecule has 0 radical (unpaired) electrons. The highest BCUT2D eigenvalue weighted by molar-refractivity contribution is 5.88. The Hall–Kier alpha value is -1.84. The fourth-order valence-electron chi connectivity index (χ4n) is 3.15. The molecule has 1 aliphatic rings. The number of benzene rings is 1. The third-order valence-electron chi connectivity index (χ3n) is 4.41. The van der Waals surface area contributed by atoms with Gasteiger partial charge < -0.3 is 10.0 Å². The predicted octanol–water partition coefficient (Wildman–Crippen LogP) is 2.60. The van der Waals surface area contributed by atoms with Crippen LogP contribution in [0.2, 0.25) is 0 Å². The number of carboxylic acids is 1. The molecule has 1 saturated heterocycles. The van der Waals surface area contributed by atoms with Crippen LogP contribution in [-0.2, 0) is 15.0 Å². The second-order valence-electron chi connectivity index (χ2n) is 6.37. The summed E-state index contributed by atoms with van der Waals surface area (Å²) in [4.78, 5) is 25.7. The third kappa shape index (κ3) is 3.09. The first-order valence-electron chi connectivity index (χ1n) is 7.42. The van der Waals surface area contributed by atoms with E-state index < -0.39 is 17.3 Å². The van der Waals surface area contributed by atoms with E-state index in [9.17, 15) is 9.59 Å². The second kappa shape index (κ2) is 5.88. The van der Waals surface area contributed by atoms with Crippen molar-refractivity contribution in [1.82, 2.24) is 4.90 Å². The maximum Gasteiger partial charge on any atom is 0.308 e. The van der Waals surface area contributed by atoms with Gasteiger partial charge in [-0.2, -0.15) is 0 Å². The molecule has 2 rings (SSSR count). The van der Waals surface area contributed by atoms with Crippen LogP contribution in [0.1, 0.15) is 37.8 Å². The molecule has 114 valence electrons. The van der Waals surface area contributed by atoms with Crippen LogP contribution >= 0.6 is 0 Å². The molecule has 21 heavy (non-hydrogen) atoms. The normalized spacial score (nSPS) is 19.4. The van der Waals surface area contributed by atoms with Gasteiger partial charge in [0.05, 0.1) is 11.3 Å². The fraction of sp³-hybridized carbons (Fsp3) is 0.529. The number of carbonyl (C=O) groups is 2. The third-order valence-corrected chi connectivity index (χ3v) is 4.41. The van der Waals surface area contributed by atoms with Crippen LogP contribution in [0.15, 0.2) is 24.3 Å². The average molecular weight is 289 g/mol. The number of aliphatic carboxylic acids is 1. The zero-order chi connectivity index (χ0) is 15.6. The first-order valence-corrected chi connectivity index (χ1v) is 7.42. The van der Waals surface area contributed by atoms with Crippen molar-refractivity contribution in [1.29, 1.82) is 0 Å². The van der Waals surface area contributed by atoms with Crippen molar-refractivity contribution in [3.63, 3.8) is 0 Å². The summed E-state index contributed by atoms with van der Waals surface area (Å²) in [6.45, 7) is 6.81. The van der Waals surface area contributed by atoms with E-state index in [0.29, 0.717) is 19.5 Å². The summed E-state index contributed by atoms with van der Waals surface area (Å²) in [5.74, 6) is -1.22. The number of amides is 1. The van der Waals surface area contributed by atoms with E-state index in [-0.39, 0.29) is 5.91 Å². The summed E-state index contributed by atoms with van der Waals surface area (Å²) in [7, 11) is 0. The molecule has 0 aromatic heterocycles. The number of nitrogens with zero attached hydrogens (tertiary/aromatic N) is 1. The Balaban J connectivity index is 2.22. The monoisotopic (exact) mass is 289 g/mol. The van der Waals surface area contributed by atoms with E-state index in [0.717, 1.165) is 17.5 Å². The maximum absolute atomic E-state index is 12.9. The number of rotatable bonds is 3. The van der Waals surface area contributed by atoms with Crippen LogP contribution in [0.25, 0.3) is 0 Å². The van der Waals surface area contributed by atoms with Crippen molar-refractivity contribution in [3.05, 3.63) is 35.4 Å². The zero-order valence-electron chi connectivity index (χ0n) is 12.9. The lowest BCUT2D eigenvalue weighted by molar-refractivity contribution is -0.147. The molecule has 4 heteroatoms. The Morgan fingerprint density at radius 1 is 1.29 bits per heavy atom. The maximum atomic E-state index is 12.9. The molecule has 1 aliphatic heterocycles. The molecule has 1 unspecified atom stereocenters. The van der Waals surface area contributed by atoms with Gasteiger partial charge in [-0.15, -0.1) is 0 Å². The van der Waals surface area contributed by atoms with Crippen LogP contribution in [0.5, 0.6) is 0 Å². The van der Waals surface area contributed by atoms with Gasteiger partial charge in [-0.1, -0.05) is 24.3 Å². The standard InChI is InChI=1S/C17H23NO3/c1-12-7-4-5-9-14(12)17(2,3)16(21)18-10-6-8-13(11-18)15(19)20/h4-5,7,9,13H,6,8,10-11H2,1-3H3,(H,19,20). The highest BCUT2D eigenvalue weighted by atomic mass is 16.4. The molecule has 4 nitrogen and oxygen atoms in total. The number of hydrogen-bond acceptors (Lipinski definition) is 2. The summed E-state index contributed by atoms with van der Waals surface area (Å²) in [6.07, 6.45) is 1.41. The van der Waals surface area contributed by atoms with E-state index in [1.165, 1.54) is 0 Å². The second-order valence-corrected chi connectivity index (χ2v) is 6.37. The van der Waals surface area contributed by atoms with Gasteiger partial charge >= 0.3 is 5.97 Å². The van der Waals surface area contributed by atoms with E-state index in [1.807, 2.05) is 45.0 Å². The lowest BCUT2D eigenvalue weighted by Crippen LogP contribution is -2.49. The van der Waals surface area contributed by atoms with Crippen LogP contribution in [0.3, 0.4) is 0 Å². The van der Waals surface area contributed by atoms with Gasteiger partial charge in [-0.3, -0.25) is 9.59 Å². The summed E-state index contributed by atoms with van der Waals surface area (Å²) in [6, 6.07) is 7.88.